The van der Waals surface area contributed by atoms with Gasteiger partial charge in [0.25, 0.3) is 0 Å². The molecule has 2 aromatic carbocycles. The van der Waals surface area contributed by atoms with Crippen LogP contribution in [0.15, 0.2) is 48.5 Å². The molecule has 25 heavy (non-hydrogen) atoms. The van der Waals surface area contributed by atoms with Crippen molar-refractivity contribution in [2.45, 2.75) is 25.6 Å². The van der Waals surface area contributed by atoms with E-state index in [-0.39, 0.29) is 24.4 Å². The average molecular weight is 351 g/mol. The Morgan fingerprint density at radius 1 is 1.12 bits per heavy atom. The van der Waals surface area contributed by atoms with Crippen molar-refractivity contribution >= 4 is 5.91 Å². The SMILES string of the molecule is COc1cccc(CCC(=O)N(C)Cc2ccccc2C(F)(F)F)c1. The van der Waals surface area contributed by atoms with Gasteiger partial charge in [0, 0.05) is 20.0 Å². The summed E-state index contributed by atoms with van der Waals surface area (Å²) in [7, 11) is 3.08. The Labute approximate surface area is 145 Å². The van der Waals surface area contributed by atoms with E-state index in [9.17, 15) is 18.0 Å². The zero-order chi connectivity index (χ0) is 18.4. The highest BCUT2D eigenvalue weighted by Gasteiger charge is 2.33. The molecule has 0 heterocycles. The third-order valence-corrected chi connectivity index (χ3v) is 3.92. The van der Waals surface area contributed by atoms with E-state index in [0.29, 0.717) is 12.2 Å². The first-order valence-electron chi connectivity index (χ1n) is 7.83. The number of carbonyl (C=O) groups is 1. The fourth-order valence-electron chi connectivity index (χ4n) is 2.55. The summed E-state index contributed by atoms with van der Waals surface area (Å²) in [4.78, 5) is 13.6. The second-order valence-electron chi connectivity index (χ2n) is 5.76. The fourth-order valence-corrected chi connectivity index (χ4v) is 2.55. The fraction of sp³-hybridized carbons (Fsp3) is 0.316. The van der Waals surface area contributed by atoms with Crippen LogP contribution in [-0.2, 0) is 23.9 Å². The molecule has 0 aliphatic rings. The monoisotopic (exact) mass is 351 g/mol. The predicted molar refractivity (Wildman–Crippen MR) is 89.2 cm³/mol. The van der Waals surface area contributed by atoms with E-state index in [0.717, 1.165) is 11.6 Å². The van der Waals surface area contributed by atoms with Gasteiger partial charge in [-0.1, -0.05) is 30.3 Å². The zero-order valence-corrected chi connectivity index (χ0v) is 14.1. The van der Waals surface area contributed by atoms with Gasteiger partial charge in [-0.3, -0.25) is 4.79 Å². The van der Waals surface area contributed by atoms with Gasteiger partial charge in [-0.2, -0.15) is 13.2 Å². The van der Waals surface area contributed by atoms with Crippen molar-refractivity contribution < 1.29 is 22.7 Å². The second kappa shape index (κ2) is 8.05. The maximum Gasteiger partial charge on any atom is 0.416 e. The Kier molecular flexibility index (Phi) is 6.07. The van der Waals surface area contributed by atoms with E-state index in [2.05, 4.69) is 0 Å². The van der Waals surface area contributed by atoms with Crippen LogP contribution in [0.5, 0.6) is 5.75 Å². The Bertz CT molecular complexity index is 729. The molecular weight excluding hydrogens is 331 g/mol. The molecule has 2 rings (SSSR count). The van der Waals surface area contributed by atoms with Crippen LogP contribution in [0.3, 0.4) is 0 Å². The van der Waals surface area contributed by atoms with E-state index < -0.39 is 11.7 Å². The smallest absolute Gasteiger partial charge is 0.416 e. The summed E-state index contributed by atoms with van der Waals surface area (Å²) >= 11 is 0. The Morgan fingerprint density at radius 3 is 2.52 bits per heavy atom. The van der Waals surface area contributed by atoms with E-state index in [1.807, 2.05) is 24.3 Å². The van der Waals surface area contributed by atoms with Gasteiger partial charge in [0.2, 0.25) is 5.91 Å². The topological polar surface area (TPSA) is 29.5 Å². The van der Waals surface area contributed by atoms with E-state index >= 15 is 0 Å². The molecule has 6 heteroatoms. The van der Waals surface area contributed by atoms with Crippen molar-refractivity contribution in [2.24, 2.45) is 0 Å². The molecule has 0 aliphatic heterocycles. The molecule has 0 fully saturated rings. The molecule has 0 atom stereocenters. The second-order valence-corrected chi connectivity index (χ2v) is 5.76. The number of carbonyl (C=O) groups excluding carboxylic acids is 1. The van der Waals surface area contributed by atoms with Crippen LogP contribution in [0, 0.1) is 0 Å². The standard InChI is InChI=1S/C19H20F3NO2/c1-23(13-15-7-3-4-9-17(15)19(20,21)22)18(24)11-10-14-6-5-8-16(12-14)25-2/h3-9,12H,10-11,13H2,1-2H3. The minimum atomic E-state index is -4.43. The highest BCUT2D eigenvalue weighted by atomic mass is 19.4. The number of aryl methyl sites for hydroxylation is 1. The number of ether oxygens (including phenoxy) is 1. The van der Waals surface area contributed by atoms with E-state index in [1.54, 1.807) is 13.2 Å². The van der Waals surface area contributed by atoms with Crippen LogP contribution in [0.4, 0.5) is 13.2 Å². The van der Waals surface area contributed by atoms with Crippen molar-refractivity contribution in [3.8, 4) is 5.75 Å². The maximum absolute atomic E-state index is 13.0. The summed E-state index contributed by atoms with van der Waals surface area (Å²) < 4.78 is 44.2. The highest BCUT2D eigenvalue weighted by molar-refractivity contribution is 5.76. The van der Waals surface area contributed by atoms with Gasteiger partial charge in [-0.15, -0.1) is 0 Å². The molecule has 3 nitrogen and oxygen atoms in total. The number of hydrogen-bond donors (Lipinski definition) is 0. The minimum Gasteiger partial charge on any atom is -0.497 e. The summed E-state index contributed by atoms with van der Waals surface area (Å²) in [6, 6.07) is 12.7. The lowest BCUT2D eigenvalue weighted by Crippen LogP contribution is -2.27. The maximum atomic E-state index is 13.0. The number of rotatable bonds is 6. The summed E-state index contributed by atoms with van der Waals surface area (Å²) in [5.74, 6) is 0.497. The number of amides is 1. The lowest BCUT2D eigenvalue weighted by molar-refractivity contribution is -0.139. The zero-order valence-electron chi connectivity index (χ0n) is 14.1. The van der Waals surface area contributed by atoms with Gasteiger partial charge in [-0.05, 0) is 35.7 Å². The Hall–Kier alpha value is -2.50. The molecule has 0 aromatic heterocycles. The van der Waals surface area contributed by atoms with Crippen molar-refractivity contribution in [3.05, 3.63) is 65.2 Å². The largest absolute Gasteiger partial charge is 0.497 e. The van der Waals surface area contributed by atoms with Crippen LogP contribution < -0.4 is 4.74 Å². The van der Waals surface area contributed by atoms with Crippen molar-refractivity contribution in [1.82, 2.24) is 4.90 Å². The van der Waals surface area contributed by atoms with Crippen LogP contribution >= 0.6 is 0 Å². The number of nitrogens with zero attached hydrogens (tertiary/aromatic N) is 1. The summed E-state index contributed by atoms with van der Waals surface area (Å²) in [6.45, 7) is -0.0768. The molecule has 0 radical (unpaired) electrons. The summed E-state index contributed by atoms with van der Waals surface area (Å²) in [6.07, 6.45) is -3.71. The van der Waals surface area contributed by atoms with Gasteiger partial charge in [0.15, 0.2) is 0 Å². The first-order chi connectivity index (χ1) is 11.8. The molecule has 0 saturated heterocycles. The normalized spacial score (nSPS) is 11.2. The predicted octanol–water partition coefficient (Wildman–Crippen LogP) is 4.31. The third kappa shape index (κ3) is 5.24. The summed E-state index contributed by atoms with van der Waals surface area (Å²) in [5, 5.41) is 0. The first-order valence-corrected chi connectivity index (χ1v) is 7.83. The molecule has 0 N–H and O–H groups in total. The molecule has 2 aromatic rings. The average Bonchev–Trinajstić information content (AvgIpc) is 2.59. The lowest BCUT2D eigenvalue weighted by atomic mass is 10.1. The molecule has 0 unspecified atom stereocenters. The molecule has 0 aliphatic carbocycles. The number of hydrogen-bond acceptors (Lipinski definition) is 2. The lowest BCUT2D eigenvalue weighted by Gasteiger charge is -2.20. The third-order valence-electron chi connectivity index (χ3n) is 3.92. The van der Waals surface area contributed by atoms with Crippen molar-refractivity contribution in [2.75, 3.05) is 14.2 Å². The van der Waals surface area contributed by atoms with Crippen molar-refractivity contribution in [1.29, 1.82) is 0 Å². The number of methoxy groups -OCH3 is 1. The van der Waals surface area contributed by atoms with Crippen molar-refractivity contribution in [3.63, 3.8) is 0 Å². The molecular formula is C19H20F3NO2. The van der Waals surface area contributed by atoms with Gasteiger partial charge < -0.3 is 9.64 Å². The van der Waals surface area contributed by atoms with E-state index in [1.165, 1.54) is 24.1 Å². The highest BCUT2D eigenvalue weighted by Crippen LogP contribution is 2.32. The molecule has 0 spiro atoms. The van der Waals surface area contributed by atoms with Crippen LogP contribution in [0.25, 0.3) is 0 Å². The van der Waals surface area contributed by atoms with E-state index in [4.69, 9.17) is 4.74 Å². The molecule has 1 amide bonds. The quantitative estimate of drug-likeness (QED) is 0.776. The van der Waals surface area contributed by atoms with Gasteiger partial charge >= 0.3 is 6.18 Å². The molecule has 0 saturated carbocycles. The van der Waals surface area contributed by atoms with Gasteiger partial charge in [0.05, 0.1) is 12.7 Å². The Morgan fingerprint density at radius 2 is 1.84 bits per heavy atom. The van der Waals surface area contributed by atoms with Gasteiger partial charge in [-0.25, -0.2) is 0 Å². The minimum absolute atomic E-state index is 0.0768. The number of alkyl halides is 3. The summed E-state index contributed by atoms with van der Waals surface area (Å²) in [5.41, 5.74) is 0.325. The molecule has 134 valence electrons. The number of halogens is 3. The first kappa shape index (κ1) is 18.8. The van der Waals surface area contributed by atoms with Gasteiger partial charge in [0.1, 0.15) is 5.75 Å². The van der Waals surface area contributed by atoms with Crippen LogP contribution in [-0.4, -0.2) is 25.0 Å². The van der Waals surface area contributed by atoms with Crippen LogP contribution in [0.1, 0.15) is 23.1 Å². The number of benzene rings is 2. The van der Waals surface area contributed by atoms with Crippen LogP contribution in [0.2, 0.25) is 0 Å². The Balaban J connectivity index is 1.99. The molecule has 0 bridgehead atoms.